The Morgan fingerprint density at radius 1 is 0.926 bits per heavy atom. The van der Waals surface area contributed by atoms with Crippen LogP contribution in [0.4, 0.5) is 5.82 Å². The minimum absolute atomic E-state index is 0. The summed E-state index contributed by atoms with van der Waals surface area (Å²) in [5.41, 5.74) is 4.68. The number of hydrogen-bond acceptors (Lipinski definition) is 2. The van der Waals surface area contributed by atoms with Crippen LogP contribution in [0.2, 0.25) is 0 Å². The minimum Gasteiger partial charge on any atom is -1.00 e. The number of pyridine rings is 1. The van der Waals surface area contributed by atoms with Crippen LogP contribution in [0.1, 0.15) is 5.56 Å². The van der Waals surface area contributed by atoms with Crippen LogP contribution in [0, 0.1) is 0 Å². The van der Waals surface area contributed by atoms with Crippen molar-refractivity contribution >= 4 is 11.5 Å². The zero-order chi connectivity index (χ0) is 17.9. The first-order valence-electron chi connectivity index (χ1n) is 8.69. The van der Waals surface area contributed by atoms with Gasteiger partial charge in [-0.1, -0.05) is 36.4 Å². The Hall–Kier alpha value is -2.98. The summed E-state index contributed by atoms with van der Waals surface area (Å²) < 4.78 is 9.72. The maximum Gasteiger partial charge on any atom is 0.267 e. The lowest BCUT2D eigenvalue weighted by Crippen LogP contribution is -3.00. The Bertz CT molecular complexity index is 1030. The van der Waals surface area contributed by atoms with Gasteiger partial charge < -0.3 is 17.1 Å². The van der Waals surface area contributed by atoms with Gasteiger partial charge in [0.2, 0.25) is 5.65 Å². The van der Waals surface area contributed by atoms with Crippen molar-refractivity contribution in [2.75, 3.05) is 12.4 Å². The predicted molar refractivity (Wildman–Crippen MR) is 104 cm³/mol. The molecule has 27 heavy (non-hydrogen) atoms. The molecular weight excluding hydrogens is 358 g/mol. The van der Waals surface area contributed by atoms with E-state index < -0.39 is 0 Å². The average molecular weight is 380 g/mol. The maximum atomic E-state index is 5.30. The molecule has 2 aromatic carbocycles. The van der Waals surface area contributed by atoms with Crippen LogP contribution >= 0.6 is 0 Å². The van der Waals surface area contributed by atoms with Crippen LogP contribution in [-0.2, 0) is 13.6 Å². The van der Waals surface area contributed by atoms with E-state index in [1.807, 2.05) is 18.2 Å². The average Bonchev–Trinajstić information content (AvgIpc) is 2.99. The third-order valence-corrected chi connectivity index (χ3v) is 4.65. The standard InChI is InChI=1S/C22H22N3O.ClH/c1-24-20-10-6-7-15-25(20)22(23-16-17-8-4-3-5-9-17)21(24)18-11-13-19(26-2)14-12-18;/h3-15,23H,16H2,1-2H3;1H/q+1;/p-1. The molecule has 4 aromatic rings. The molecule has 1 N–H and O–H groups in total. The van der Waals surface area contributed by atoms with Crippen molar-refractivity contribution in [1.29, 1.82) is 0 Å². The zero-order valence-corrected chi connectivity index (χ0v) is 16.1. The number of halogens is 1. The summed E-state index contributed by atoms with van der Waals surface area (Å²) in [6.07, 6.45) is 2.09. The SMILES string of the molecule is COc1ccc(-c2c(NCc3ccccc3)[n+]3ccccc3n2C)cc1.[Cl-]. The lowest BCUT2D eigenvalue weighted by Gasteiger charge is -2.05. The number of nitrogens with zero attached hydrogens (tertiary/aromatic N) is 2. The van der Waals surface area contributed by atoms with Gasteiger partial charge in [0.05, 0.1) is 26.9 Å². The van der Waals surface area contributed by atoms with Crippen molar-refractivity contribution < 1.29 is 21.5 Å². The van der Waals surface area contributed by atoms with Gasteiger partial charge in [0.25, 0.3) is 5.82 Å². The second kappa shape index (κ2) is 8.14. The van der Waals surface area contributed by atoms with Crippen LogP contribution in [0.5, 0.6) is 5.75 Å². The molecule has 5 heteroatoms. The molecule has 0 radical (unpaired) electrons. The van der Waals surface area contributed by atoms with E-state index >= 15 is 0 Å². The lowest BCUT2D eigenvalue weighted by atomic mass is 10.1. The van der Waals surface area contributed by atoms with Gasteiger partial charge in [0, 0.05) is 11.6 Å². The fraction of sp³-hybridized carbons (Fsp3) is 0.136. The van der Waals surface area contributed by atoms with Crippen LogP contribution < -0.4 is 26.9 Å². The molecule has 0 aliphatic rings. The molecule has 0 amide bonds. The summed E-state index contributed by atoms with van der Waals surface area (Å²) in [6, 6.07) is 24.9. The number of rotatable bonds is 5. The van der Waals surface area contributed by atoms with E-state index in [1.54, 1.807) is 7.11 Å². The second-order valence-electron chi connectivity index (χ2n) is 6.25. The number of fused-ring (bicyclic) bond motifs is 1. The fourth-order valence-electron chi connectivity index (χ4n) is 3.31. The highest BCUT2D eigenvalue weighted by Gasteiger charge is 2.23. The highest BCUT2D eigenvalue weighted by Crippen LogP contribution is 2.29. The van der Waals surface area contributed by atoms with Crippen LogP contribution in [0.3, 0.4) is 0 Å². The van der Waals surface area contributed by atoms with Crippen molar-refractivity contribution in [3.63, 3.8) is 0 Å². The van der Waals surface area contributed by atoms with Crippen LogP contribution in [-0.4, -0.2) is 11.7 Å². The molecule has 2 aromatic heterocycles. The summed E-state index contributed by atoms with van der Waals surface area (Å²) >= 11 is 0. The summed E-state index contributed by atoms with van der Waals surface area (Å²) in [5, 5.41) is 3.63. The number of hydrogen-bond donors (Lipinski definition) is 1. The van der Waals surface area contributed by atoms with E-state index in [4.69, 9.17) is 4.74 Å². The number of ether oxygens (including phenoxy) is 1. The zero-order valence-electron chi connectivity index (χ0n) is 15.4. The smallest absolute Gasteiger partial charge is 0.267 e. The van der Waals surface area contributed by atoms with Gasteiger partial charge in [-0.25, -0.2) is 4.40 Å². The minimum atomic E-state index is 0. The molecule has 0 aliphatic heterocycles. The van der Waals surface area contributed by atoms with Crippen molar-refractivity contribution in [3.05, 3.63) is 84.6 Å². The van der Waals surface area contributed by atoms with E-state index in [1.165, 1.54) is 5.56 Å². The highest BCUT2D eigenvalue weighted by atomic mass is 35.5. The van der Waals surface area contributed by atoms with Gasteiger partial charge in [-0.3, -0.25) is 9.88 Å². The summed E-state index contributed by atoms with van der Waals surface area (Å²) in [6.45, 7) is 0.769. The van der Waals surface area contributed by atoms with E-state index in [0.29, 0.717) is 0 Å². The van der Waals surface area contributed by atoms with Crippen molar-refractivity contribution in [2.24, 2.45) is 7.05 Å². The first-order valence-corrected chi connectivity index (χ1v) is 8.69. The van der Waals surface area contributed by atoms with Crippen molar-refractivity contribution in [3.8, 4) is 17.0 Å². The topological polar surface area (TPSA) is 30.3 Å². The molecule has 0 fully saturated rings. The third kappa shape index (κ3) is 3.62. The number of benzene rings is 2. The first kappa shape index (κ1) is 18.8. The number of methoxy groups -OCH3 is 1. The molecule has 0 saturated carbocycles. The van der Waals surface area contributed by atoms with Gasteiger partial charge in [0.1, 0.15) is 5.75 Å². The molecule has 0 bridgehead atoms. The van der Waals surface area contributed by atoms with E-state index in [2.05, 4.69) is 82.1 Å². The molecule has 0 unspecified atom stereocenters. The molecule has 2 heterocycles. The van der Waals surface area contributed by atoms with Gasteiger partial charge in [-0.05, 0) is 35.9 Å². The Kier molecular flexibility index (Phi) is 5.67. The third-order valence-electron chi connectivity index (χ3n) is 4.65. The molecule has 4 rings (SSSR count). The monoisotopic (exact) mass is 379 g/mol. The van der Waals surface area contributed by atoms with E-state index in [0.717, 1.165) is 35.0 Å². The Labute approximate surface area is 165 Å². The Morgan fingerprint density at radius 3 is 2.33 bits per heavy atom. The molecule has 0 atom stereocenters. The molecule has 4 nitrogen and oxygen atoms in total. The number of aromatic nitrogens is 2. The predicted octanol–water partition coefficient (Wildman–Crippen LogP) is 1.06. The first-order chi connectivity index (χ1) is 12.8. The van der Waals surface area contributed by atoms with E-state index in [-0.39, 0.29) is 12.4 Å². The van der Waals surface area contributed by atoms with Crippen LogP contribution in [0.25, 0.3) is 16.9 Å². The van der Waals surface area contributed by atoms with Crippen LogP contribution in [0.15, 0.2) is 79.0 Å². The Balaban J connectivity index is 0.00000210. The van der Waals surface area contributed by atoms with Crippen molar-refractivity contribution in [1.82, 2.24) is 4.57 Å². The molecular formula is C22H22ClN3O. The molecule has 0 saturated heterocycles. The second-order valence-corrected chi connectivity index (χ2v) is 6.25. The summed E-state index contributed by atoms with van der Waals surface area (Å²) in [7, 11) is 3.79. The largest absolute Gasteiger partial charge is 1.00 e. The Morgan fingerprint density at radius 2 is 1.63 bits per heavy atom. The molecule has 0 spiro atoms. The van der Waals surface area contributed by atoms with E-state index in [9.17, 15) is 0 Å². The number of imidazole rings is 1. The maximum absolute atomic E-state index is 5.30. The highest BCUT2D eigenvalue weighted by molar-refractivity contribution is 5.73. The van der Waals surface area contributed by atoms with Gasteiger partial charge >= 0.3 is 0 Å². The summed E-state index contributed by atoms with van der Waals surface area (Å²) in [4.78, 5) is 0. The lowest BCUT2D eigenvalue weighted by molar-refractivity contribution is -0.495. The quantitative estimate of drug-likeness (QED) is 0.525. The van der Waals surface area contributed by atoms with Gasteiger partial charge in [0.15, 0.2) is 5.69 Å². The van der Waals surface area contributed by atoms with Gasteiger partial charge in [-0.2, -0.15) is 0 Å². The number of aryl methyl sites for hydroxylation is 1. The normalized spacial score (nSPS) is 10.4. The van der Waals surface area contributed by atoms with Gasteiger partial charge in [-0.15, -0.1) is 0 Å². The van der Waals surface area contributed by atoms with Crippen molar-refractivity contribution in [2.45, 2.75) is 6.54 Å². The fourth-order valence-corrected chi connectivity index (χ4v) is 3.31. The molecule has 138 valence electrons. The number of nitrogens with one attached hydrogen (secondary N) is 1. The molecule has 0 aliphatic carbocycles. The summed E-state index contributed by atoms with van der Waals surface area (Å²) in [5.74, 6) is 1.94. The number of anilines is 1.